The molecule has 1 aromatic rings. The normalized spacial score (nSPS) is 12.4. The van der Waals surface area contributed by atoms with E-state index in [0.29, 0.717) is 0 Å². The van der Waals surface area contributed by atoms with Gasteiger partial charge in [0.05, 0.1) is 0 Å². The zero-order chi connectivity index (χ0) is 12.6. The maximum Gasteiger partial charge on any atom is 0.233 e. The lowest BCUT2D eigenvalue weighted by atomic mass is 10.3. The molecule has 0 bridgehead atoms. The molecule has 87 valence electrons. The van der Waals surface area contributed by atoms with Crippen LogP contribution in [0.1, 0.15) is 5.56 Å². The third-order valence-corrected chi connectivity index (χ3v) is 3.59. The van der Waals surface area contributed by atoms with Crippen LogP contribution in [0.25, 0.3) is 0 Å². The second-order valence-corrected chi connectivity index (χ2v) is 7.10. The molecule has 1 radical (unpaired) electrons. The first-order valence-corrected chi connectivity index (χ1v) is 7.73. The van der Waals surface area contributed by atoms with Gasteiger partial charge in [0.15, 0.2) is 29.7 Å². The van der Waals surface area contributed by atoms with Crippen molar-refractivity contribution in [2.24, 2.45) is 0 Å². The van der Waals surface area contributed by atoms with Crippen LogP contribution in [0.15, 0.2) is 22.2 Å². The summed E-state index contributed by atoms with van der Waals surface area (Å²) in [5, 5.41) is -0.928. The number of hydrogen-bond donors (Lipinski definition) is 0. The van der Waals surface area contributed by atoms with E-state index in [1.165, 1.54) is 6.29 Å². The van der Waals surface area contributed by atoms with Crippen molar-refractivity contribution >= 4 is 26.0 Å². The van der Waals surface area contributed by atoms with Crippen LogP contribution in [0, 0.1) is 0 Å². The highest BCUT2D eigenvalue weighted by atomic mass is 32.2. The minimum Gasteiger partial charge on any atom is -0.285 e. The first-order chi connectivity index (χ1) is 7.14. The minimum atomic E-state index is -3.67. The van der Waals surface area contributed by atoms with Crippen LogP contribution in [0.4, 0.5) is 0 Å². The van der Waals surface area contributed by atoms with Crippen molar-refractivity contribution < 1.29 is 21.6 Å². The van der Waals surface area contributed by atoms with E-state index in [1.54, 1.807) is 0 Å². The SMILES string of the molecule is CS(=O)(=O)c1cc([C]=O)cc(S(C)(=O)=O)n1. The summed E-state index contributed by atoms with van der Waals surface area (Å²) in [6.45, 7) is 0. The Bertz CT molecular complexity index is 580. The zero-order valence-electron chi connectivity index (χ0n) is 8.46. The molecular formula is C8H8NO5S2. The molecule has 16 heavy (non-hydrogen) atoms. The molecule has 0 aliphatic heterocycles. The van der Waals surface area contributed by atoms with Crippen molar-refractivity contribution in [3.63, 3.8) is 0 Å². The van der Waals surface area contributed by atoms with E-state index in [4.69, 9.17) is 0 Å². The van der Waals surface area contributed by atoms with Gasteiger partial charge in [-0.2, -0.15) is 0 Å². The maximum absolute atomic E-state index is 11.2. The minimum absolute atomic E-state index is 0.171. The maximum atomic E-state index is 11.2. The van der Waals surface area contributed by atoms with Gasteiger partial charge in [-0.15, -0.1) is 0 Å². The fourth-order valence-electron chi connectivity index (χ4n) is 0.920. The molecule has 0 aliphatic rings. The number of nitrogens with zero attached hydrogens (tertiary/aromatic N) is 1. The van der Waals surface area contributed by atoms with Gasteiger partial charge in [-0.3, -0.25) is 4.79 Å². The highest BCUT2D eigenvalue weighted by Crippen LogP contribution is 2.13. The predicted molar refractivity (Wildman–Crippen MR) is 55.3 cm³/mol. The first-order valence-electron chi connectivity index (χ1n) is 3.95. The van der Waals surface area contributed by atoms with E-state index < -0.39 is 29.7 Å². The first kappa shape index (κ1) is 12.8. The van der Waals surface area contributed by atoms with Gasteiger partial charge in [0.25, 0.3) is 0 Å². The quantitative estimate of drug-likeness (QED) is 0.717. The molecule has 0 saturated heterocycles. The van der Waals surface area contributed by atoms with Crippen LogP contribution in [0.3, 0.4) is 0 Å². The van der Waals surface area contributed by atoms with E-state index in [9.17, 15) is 21.6 Å². The van der Waals surface area contributed by atoms with Crippen molar-refractivity contribution in [2.45, 2.75) is 10.1 Å². The molecule has 8 heteroatoms. The smallest absolute Gasteiger partial charge is 0.233 e. The van der Waals surface area contributed by atoms with Gasteiger partial charge in [-0.25, -0.2) is 21.8 Å². The Kier molecular flexibility index (Phi) is 3.15. The standard InChI is InChI=1S/C8H8NO5S2/c1-15(11,12)7-3-6(5-10)4-8(9-7)16(2,13)14/h3-4H,1-2H3. The third kappa shape index (κ3) is 2.86. The molecule has 6 nitrogen and oxygen atoms in total. The van der Waals surface area contributed by atoms with Crippen molar-refractivity contribution in [2.75, 3.05) is 12.5 Å². The molecule has 1 aromatic heterocycles. The average molecular weight is 262 g/mol. The van der Waals surface area contributed by atoms with E-state index >= 15 is 0 Å². The fourth-order valence-corrected chi connectivity index (χ4v) is 2.19. The van der Waals surface area contributed by atoms with Crippen LogP contribution in [0.5, 0.6) is 0 Å². The molecule has 0 aromatic carbocycles. The molecule has 0 saturated carbocycles. The Morgan fingerprint density at radius 2 is 1.38 bits per heavy atom. The second-order valence-electron chi connectivity index (χ2n) is 3.18. The average Bonchev–Trinajstić information content (AvgIpc) is 2.14. The highest BCUT2D eigenvalue weighted by molar-refractivity contribution is 7.91. The van der Waals surface area contributed by atoms with Gasteiger partial charge < -0.3 is 0 Å². The highest BCUT2D eigenvalue weighted by Gasteiger charge is 2.17. The molecular weight excluding hydrogens is 254 g/mol. The molecule has 1 rings (SSSR count). The van der Waals surface area contributed by atoms with Gasteiger partial charge in [0.1, 0.15) is 0 Å². The number of pyridine rings is 1. The summed E-state index contributed by atoms with van der Waals surface area (Å²) in [5.74, 6) is 0. The van der Waals surface area contributed by atoms with E-state index in [0.717, 1.165) is 24.6 Å². The van der Waals surface area contributed by atoms with Gasteiger partial charge in [-0.05, 0) is 12.1 Å². The molecule has 0 spiro atoms. The van der Waals surface area contributed by atoms with Crippen molar-refractivity contribution in [3.05, 3.63) is 17.7 Å². The number of sulfone groups is 2. The predicted octanol–water partition coefficient (Wildman–Crippen LogP) is -0.654. The van der Waals surface area contributed by atoms with Gasteiger partial charge in [-0.1, -0.05) is 0 Å². The topological polar surface area (TPSA) is 98.2 Å². The summed E-state index contributed by atoms with van der Waals surface area (Å²) in [6.07, 6.45) is 3.18. The van der Waals surface area contributed by atoms with Crippen molar-refractivity contribution in [1.29, 1.82) is 0 Å². The summed E-state index contributed by atoms with van der Waals surface area (Å²) >= 11 is 0. The summed E-state index contributed by atoms with van der Waals surface area (Å²) < 4.78 is 44.8. The van der Waals surface area contributed by atoms with Crippen LogP contribution in [-0.4, -0.2) is 40.6 Å². The van der Waals surface area contributed by atoms with Crippen LogP contribution >= 0.6 is 0 Å². The molecule has 0 unspecified atom stereocenters. The van der Waals surface area contributed by atoms with Gasteiger partial charge in [0.2, 0.25) is 6.29 Å². The lowest BCUT2D eigenvalue weighted by molar-refractivity contribution is 0.562. The van der Waals surface area contributed by atoms with Crippen LogP contribution < -0.4 is 0 Å². The largest absolute Gasteiger partial charge is 0.285 e. The lowest BCUT2D eigenvalue weighted by Gasteiger charge is -2.02. The van der Waals surface area contributed by atoms with E-state index in [1.807, 2.05) is 0 Å². The molecule has 0 atom stereocenters. The lowest BCUT2D eigenvalue weighted by Crippen LogP contribution is -2.08. The molecule has 1 heterocycles. The van der Waals surface area contributed by atoms with Gasteiger partial charge >= 0.3 is 0 Å². The van der Waals surface area contributed by atoms with E-state index in [-0.39, 0.29) is 5.56 Å². The van der Waals surface area contributed by atoms with Crippen LogP contribution in [0.2, 0.25) is 0 Å². The summed E-state index contributed by atoms with van der Waals surface area (Å²) in [4.78, 5) is 13.9. The number of carbonyl (C=O) groups excluding carboxylic acids is 1. The van der Waals surface area contributed by atoms with Crippen LogP contribution in [-0.2, 0) is 24.5 Å². The second kappa shape index (κ2) is 3.95. The third-order valence-electron chi connectivity index (χ3n) is 1.66. The summed E-state index contributed by atoms with van der Waals surface area (Å²) in [6, 6.07) is 1.94. The summed E-state index contributed by atoms with van der Waals surface area (Å²) in [5.41, 5.74) is -0.171. The monoisotopic (exact) mass is 262 g/mol. The Morgan fingerprint density at radius 1 is 1.00 bits per heavy atom. The van der Waals surface area contributed by atoms with Crippen molar-refractivity contribution in [3.8, 4) is 0 Å². The molecule has 0 aliphatic carbocycles. The Morgan fingerprint density at radius 3 is 1.62 bits per heavy atom. The fraction of sp³-hybridized carbons (Fsp3) is 0.250. The molecule has 0 N–H and O–H groups in total. The summed E-state index contributed by atoms with van der Waals surface area (Å²) in [7, 11) is -7.35. The molecule has 0 amide bonds. The number of rotatable bonds is 3. The van der Waals surface area contributed by atoms with Crippen molar-refractivity contribution in [1.82, 2.24) is 4.98 Å². The zero-order valence-corrected chi connectivity index (χ0v) is 10.1. The number of aromatic nitrogens is 1. The van der Waals surface area contributed by atoms with Gasteiger partial charge in [0, 0.05) is 18.1 Å². The Balaban J connectivity index is 3.64. The Hall–Kier alpha value is -1.28. The number of hydrogen-bond acceptors (Lipinski definition) is 6. The van der Waals surface area contributed by atoms with E-state index in [2.05, 4.69) is 4.98 Å². The Labute approximate surface area is 93.2 Å². The molecule has 0 fully saturated rings.